The van der Waals surface area contributed by atoms with Gasteiger partial charge in [0.05, 0.1) is 10.9 Å². The highest BCUT2D eigenvalue weighted by molar-refractivity contribution is 6.09. The minimum atomic E-state index is 0.0159. The number of fused-ring (bicyclic) bond motifs is 2. The Hall–Kier alpha value is -3.15. The number of aliphatic imine (C=N–C) groups is 1. The van der Waals surface area contributed by atoms with Crippen molar-refractivity contribution in [2.45, 2.75) is 19.4 Å². The molecule has 0 saturated heterocycles. The van der Waals surface area contributed by atoms with Gasteiger partial charge in [-0.15, -0.1) is 6.42 Å². The van der Waals surface area contributed by atoms with Crippen LogP contribution in [0, 0.1) is 30.1 Å². The Bertz CT molecular complexity index is 1070. The van der Waals surface area contributed by atoms with E-state index in [1.807, 2.05) is 12.1 Å². The van der Waals surface area contributed by atoms with Crippen LogP contribution in [-0.2, 0) is 17.7 Å². The van der Waals surface area contributed by atoms with Crippen molar-refractivity contribution in [2.24, 2.45) is 10.9 Å². The molecule has 0 amide bonds. The lowest BCUT2D eigenvalue weighted by atomic mass is 10.1. The number of terminal acetylenes is 1. The summed E-state index contributed by atoms with van der Waals surface area (Å²) in [5.74, 6) is 9.68. The average Bonchev–Trinajstić information content (AvgIpc) is 3.09. The number of hydrogen-bond acceptors (Lipinski definition) is 4. The number of allylic oxidation sites excluding steroid dienone is 2. The van der Waals surface area contributed by atoms with Crippen molar-refractivity contribution in [1.82, 2.24) is 9.55 Å². The summed E-state index contributed by atoms with van der Waals surface area (Å²) < 4.78 is 6.95. The van der Waals surface area contributed by atoms with Crippen LogP contribution < -0.4 is 5.56 Å². The van der Waals surface area contributed by atoms with Gasteiger partial charge in [0.2, 0.25) is 0 Å². The summed E-state index contributed by atoms with van der Waals surface area (Å²) in [7, 11) is 3.36. The van der Waals surface area contributed by atoms with Gasteiger partial charge in [-0.2, -0.15) is 0 Å². The van der Waals surface area contributed by atoms with Gasteiger partial charge >= 0.3 is 0 Å². The quantitative estimate of drug-likeness (QED) is 0.621. The third-order valence-corrected chi connectivity index (χ3v) is 4.59. The van der Waals surface area contributed by atoms with E-state index in [0.29, 0.717) is 35.7 Å². The van der Waals surface area contributed by atoms with E-state index in [9.17, 15) is 4.79 Å². The Morgan fingerprint density at radius 2 is 2.37 bits per heavy atom. The van der Waals surface area contributed by atoms with E-state index < -0.39 is 0 Å². The second-order valence-electron chi connectivity index (χ2n) is 6.39. The Morgan fingerprint density at radius 3 is 3.11 bits per heavy atom. The zero-order chi connectivity index (χ0) is 19.2. The van der Waals surface area contributed by atoms with Gasteiger partial charge in [0.1, 0.15) is 11.5 Å². The molecule has 0 spiro atoms. The zero-order valence-corrected chi connectivity index (χ0v) is 15.5. The fraction of sp³-hybridized carbons (Fsp3) is 0.318. The fourth-order valence-corrected chi connectivity index (χ4v) is 3.18. The van der Waals surface area contributed by atoms with Gasteiger partial charge in [0.25, 0.3) is 5.56 Å². The lowest BCUT2D eigenvalue weighted by molar-refractivity contribution is 0.177. The fourth-order valence-electron chi connectivity index (χ4n) is 3.18. The van der Waals surface area contributed by atoms with Crippen molar-refractivity contribution >= 4 is 16.6 Å². The highest BCUT2D eigenvalue weighted by Crippen LogP contribution is 2.22. The van der Waals surface area contributed by atoms with E-state index in [1.54, 1.807) is 36.9 Å². The largest absolute Gasteiger partial charge is 0.385 e. The molecule has 1 atom stereocenters. The van der Waals surface area contributed by atoms with Gasteiger partial charge in [-0.05, 0) is 48.6 Å². The van der Waals surface area contributed by atoms with Crippen LogP contribution in [0.3, 0.4) is 0 Å². The number of methoxy groups -OCH3 is 1. The molecule has 136 valence electrons. The van der Waals surface area contributed by atoms with Gasteiger partial charge in [0.15, 0.2) is 0 Å². The second kappa shape index (κ2) is 8.49. The van der Waals surface area contributed by atoms with Crippen LogP contribution in [0.25, 0.3) is 10.9 Å². The molecule has 27 heavy (non-hydrogen) atoms. The summed E-state index contributed by atoms with van der Waals surface area (Å²) in [6.07, 6.45) is 10.2. The van der Waals surface area contributed by atoms with Crippen LogP contribution in [0.4, 0.5) is 0 Å². The Kier molecular flexibility index (Phi) is 5.86. The molecule has 1 unspecified atom stereocenters. The number of rotatable bonds is 4. The molecule has 0 saturated carbocycles. The predicted octanol–water partition coefficient (Wildman–Crippen LogP) is 2.22. The second-order valence-corrected chi connectivity index (χ2v) is 6.39. The predicted molar refractivity (Wildman–Crippen MR) is 108 cm³/mol. The van der Waals surface area contributed by atoms with Gasteiger partial charge < -0.3 is 4.74 Å². The molecule has 1 aliphatic heterocycles. The molecule has 2 heterocycles. The molecule has 1 aromatic heterocycles. The molecule has 5 heteroatoms. The summed E-state index contributed by atoms with van der Waals surface area (Å²) in [5.41, 5.74) is 2.07. The molecule has 0 bridgehead atoms. The number of aromatic nitrogens is 2. The van der Waals surface area contributed by atoms with Gasteiger partial charge in [-0.1, -0.05) is 11.8 Å². The molecular weight excluding hydrogens is 338 g/mol. The molecule has 5 nitrogen and oxygen atoms in total. The zero-order valence-electron chi connectivity index (χ0n) is 15.5. The summed E-state index contributed by atoms with van der Waals surface area (Å²) in [6, 6.07) is 5.48. The smallest absolute Gasteiger partial charge is 0.261 e. The lowest BCUT2D eigenvalue weighted by Gasteiger charge is -2.06. The SMILES string of the molecule is C#C/C=C\C(C#Cc1ccc2c(=O)n3c(nc2c1)CC(CCOC)C3)=N/C. The number of benzene rings is 1. The van der Waals surface area contributed by atoms with Crippen molar-refractivity contribution in [3.63, 3.8) is 0 Å². The molecule has 0 fully saturated rings. The van der Waals surface area contributed by atoms with E-state index in [0.717, 1.165) is 24.2 Å². The maximum Gasteiger partial charge on any atom is 0.261 e. The molecule has 0 N–H and O–H groups in total. The highest BCUT2D eigenvalue weighted by Gasteiger charge is 2.24. The van der Waals surface area contributed by atoms with Crippen LogP contribution in [0.5, 0.6) is 0 Å². The third-order valence-electron chi connectivity index (χ3n) is 4.59. The van der Waals surface area contributed by atoms with E-state index in [4.69, 9.17) is 16.1 Å². The average molecular weight is 359 g/mol. The first kappa shape index (κ1) is 18.6. The maximum atomic E-state index is 12.8. The van der Waals surface area contributed by atoms with Crippen LogP contribution in [0.2, 0.25) is 0 Å². The van der Waals surface area contributed by atoms with Crippen LogP contribution >= 0.6 is 0 Å². The summed E-state index contributed by atoms with van der Waals surface area (Å²) in [4.78, 5) is 21.6. The normalized spacial score (nSPS) is 16.2. The van der Waals surface area contributed by atoms with Crippen LogP contribution in [0.15, 0.2) is 40.1 Å². The summed E-state index contributed by atoms with van der Waals surface area (Å²) in [6.45, 7) is 1.40. The van der Waals surface area contributed by atoms with Crippen LogP contribution in [0.1, 0.15) is 17.8 Å². The lowest BCUT2D eigenvalue weighted by Crippen LogP contribution is -2.21. The molecule has 0 aliphatic carbocycles. The van der Waals surface area contributed by atoms with Gasteiger partial charge in [-0.3, -0.25) is 14.4 Å². The van der Waals surface area contributed by atoms with E-state index in [1.165, 1.54) is 0 Å². The number of ether oxygens (including phenoxy) is 1. The van der Waals surface area contributed by atoms with Crippen LogP contribution in [-0.4, -0.2) is 36.0 Å². The Labute approximate surface area is 158 Å². The monoisotopic (exact) mass is 359 g/mol. The minimum absolute atomic E-state index is 0.0159. The first-order chi connectivity index (χ1) is 13.2. The molecule has 3 rings (SSSR count). The van der Waals surface area contributed by atoms with Crippen molar-refractivity contribution in [3.8, 4) is 24.2 Å². The molecule has 1 aliphatic rings. The standard InChI is InChI=1S/C22H21N3O2/c1-4-5-6-18(23-2)9-7-16-8-10-19-20(13-16)24-21-14-17(11-12-27-3)15-25(21)22(19)26/h1,5-6,8,10,13,17H,11-12,14-15H2,2-3H3/b6-5-,23-18+. The van der Waals surface area contributed by atoms with E-state index >= 15 is 0 Å². The molecule has 0 radical (unpaired) electrons. The molecule has 1 aromatic carbocycles. The number of hydrogen-bond donors (Lipinski definition) is 0. The van der Waals surface area contributed by atoms with Crippen molar-refractivity contribution < 1.29 is 4.74 Å². The van der Waals surface area contributed by atoms with Crippen molar-refractivity contribution in [3.05, 3.63) is 52.1 Å². The van der Waals surface area contributed by atoms with Crippen molar-refractivity contribution in [2.75, 3.05) is 20.8 Å². The summed E-state index contributed by atoms with van der Waals surface area (Å²) >= 11 is 0. The third kappa shape index (κ3) is 4.16. The topological polar surface area (TPSA) is 56.5 Å². The summed E-state index contributed by atoms with van der Waals surface area (Å²) in [5, 5.41) is 0.619. The molecular formula is C22H21N3O2. The number of nitrogens with zero attached hydrogens (tertiary/aromatic N) is 3. The Balaban J connectivity index is 1.92. The Morgan fingerprint density at radius 1 is 1.52 bits per heavy atom. The molecule has 2 aromatic rings. The van der Waals surface area contributed by atoms with Gasteiger partial charge in [0, 0.05) is 39.3 Å². The van der Waals surface area contributed by atoms with Crippen molar-refractivity contribution in [1.29, 1.82) is 0 Å². The minimum Gasteiger partial charge on any atom is -0.385 e. The van der Waals surface area contributed by atoms with E-state index in [2.05, 4.69) is 22.8 Å². The first-order valence-electron chi connectivity index (χ1n) is 8.80. The highest BCUT2D eigenvalue weighted by atomic mass is 16.5. The van der Waals surface area contributed by atoms with E-state index in [-0.39, 0.29) is 5.56 Å². The maximum absolute atomic E-state index is 12.8. The first-order valence-corrected chi connectivity index (χ1v) is 8.80. The van der Waals surface area contributed by atoms with Gasteiger partial charge in [-0.25, -0.2) is 4.98 Å².